The first-order chi connectivity index (χ1) is 11.6. The summed E-state index contributed by atoms with van der Waals surface area (Å²) in [4.78, 5) is 12.8. The predicted octanol–water partition coefficient (Wildman–Crippen LogP) is 5.37. The highest BCUT2D eigenvalue weighted by molar-refractivity contribution is 7.12. The van der Waals surface area contributed by atoms with Gasteiger partial charge in [0, 0.05) is 11.3 Å². The highest BCUT2D eigenvalue weighted by Crippen LogP contribution is 2.22. The molecule has 3 nitrogen and oxygen atoms in total. The number of amides is 1. The summed E-state index contributed by atoms with van der Waals surface area (Å²) in [5.74, 6) is -0.0181. The Hall–Kier alpha value is -2.37. The van der Waals surface area contributed by atoms with Gasteiger partial charge in [-0.2, -0.15) is 0 Å². The average Bonchev–Trinajstić information content (AvgIpc) is 3.06. The molecule has 0 saturated heterocycles. The van der Waals surface area contributed by atoms with Crippen molar-refractivity contribution in [2.24, 2.45) is 0 Å². The van der Waals surface area contributed by atoms with Gasteiger partial charge in [-0.05, 0) is 41.8 Å². The van der Waals surface area contributed by atoms with Crippen LogP contribution in [0.25, 0.3) is 0 Å². The molecule has 1 aromatic heterocycles. The van der Waals surface area contributed by atoms with Crippen LogP contribution in [0.5, 0.6) is 5.75 Å². The molecular weight excluding hydrogens is 349 g/mol. The van der Waals surface area contributed by atoms with Crippen LogP contribution in [-0.2, 0) is 6.61 Å². The molecule has 0 aliphatic rings. The number of carbonyl (C=O) groups is 1. The maximum Gasteiger partial charge on any atom is 0.265 e. The Morgan fingerprint density at radius 3 is 2.71 bits per heavy atom. The summed E-state index contributed by atoms with van der Waals surface area (Å²) >= 11 is 7.03. The lowest BCUT2D eigenvalue weighted by Gasteiger charge is -2.05. The third-order valence-electron chi connectivity index (χ3n) is 3.20. The standard InChI is InChI=1S/C18H13ClFNO2S/c19-15-9-13(6-7-16(15)20)21-18(22)17-8-12(11-24-17)10-23-14-4-2-1-3-5-14/h1-9,11H,10H2,(H,21,22). The number of thiophene rings is 1. The van der Waals surface area contributed by atoms with Crippen molar-refractivity contribution in [2.45, 2.75) is 6.61 Å². The van der Waals surface area contributed by atoms with Crippen molar-refractivity contribution < 1.29 is 13.9 Å². The molecule has 0 saturated carbocycles. The van der Waals surface area contributed by atoms with Gasteiger partial charge in [0.05, 0.1) is 9.90 Å². The molecule has 3 aromatic rings. The largest absolute Gasteiger partial charge is 0.489 e. The fraction of sp³-hybridized carbons (Fsp3) is 0.0556. The number of halogens is 2. The van der Waals surface area contributed by atoms with Gasteiger partial charge in [0.1, 0.15) is 18.2 Å². The van der Waals surface area contributed by atoms with Gasteiger partial charge in [-0.15, -0.1) is 11.3 Å². The number of benzene rings is 2. The summed E-state index contributed by atoms with van der Waals surface area (Å²) in [6, 6.07) is 15.3. The quantitative estimate of drug-likeness (QED) is 0.663. The normalized spacial score (nSPS) is 10.4. The van der Waals surface area contributed by atoms with Crippen LogP contribution in [0, 0.1) is 5.82 Å². The van der Waals surface area contributed by atoms with Gasteiger partial charge < -0.3 is 10.1 Å². The molecule has 0 bridgehead atoms. The first kappa shape index (κ1) is 16.5. The van der Waals surface area contributed by atoms with Gasteiger partial charge >= 0.3 is 0 Å². The number of hydrogen-bond acceptors (Lipinski definition) is 3. The third kappa shape index (κ3) is 4.13. The lowest BCUT2D eigenvalue weighted by molar-refractivity contribution is 0.103. The Labute approximate surface area is 147 Å². The minimum absolute atomic E-state index is 0.0315. The zero-order valence-corrected chi connectivity index (χ0v) is 14.0. The monoisotopic (exact) mass is 361 g/mol. The molecule has 24 heavy (non-hydrogen) atoms. The number of hydrogen-bond donors (Lipinski definition) is 1. The molecule has 2 aromatic carbocycles. The van der Waals surface area contributed by atoms with E-state index in [2.05, 4.69) is 5.32 Å². The molecular formula is C18H13ClFNO2S. The van der Waals surface area contributed by atoms with Crippen molar-refractivity contribution in [2.75, 3.05) is 5.32 Å². The number of para-hydroxylation sites is 1. The zero-order chi connectivity index (χ0) is 16.9. The average molecular weight is 362 g/mol. The number of carbonyl (C=O) groups excluding carboxylic acids is 1. The zero-order valence-electron chi connectivity index (χ0n) is 12.5. The summed E-state index contributed by atoms with van der Waals surface area (Å²) in [5.41, 5.74) is 1.35. The molecule has 3 rings (SSSR count). The summed E-state index contributed by atoms with van der Waals surface area (Å²) in [5, 5.41) is 4.53. The SMILES string of the molecule is O=C(Nc1ccc(F)c(Cl)c1)c1cc(COc2ccccc2)cs1. The first-order valence-electron chi connectivity index (χ1n) is 7.13. The molecule has 0 fully saturated rings. The molecule has 0 aliphatic heterocycles. The Balaban J connectivity index is 1.62. The molecule has 0 unspecified atom stereocenters. The van der Waals surface area contributed by atoms with E-state index in [-0.39, 0.29) is 10.9 Å². The number of anilines is 1. The van der Waals surface area contributed by atoms with Gasteiger partial charge in [0.2, 0.25) is 0 Å². The van der Waals surface area contributed by atoms with Gasteiger partial charge in [-0.3, -0.25) is 4.79 Å². The molecule has 0 aliphatic carbocycles. The molecule has 0 spiro atoms. The molecule has 122 valence electrons. The number of rotatable bonds is 5. The Kier molecular flexibility index (Phi) is 5.13. The number of nitrogens with one attached hydrogen (secondary N) is 1. The minimum Gasteiger partial charge on any atom is -0.489 e. The fourth-order valence-electron chi connectivity index (χ4n) is 2.02. The fourth-order valence-corrected chi connectivity index (χ4v) is 2.99. The third-order valence-corrected chi connectivity index (χ3v) is 4.47. The highest BCUT2D eigenvalue weighted by Gasteiger charge is 2.11. The second-order valence-corrected chi connectivity index (χ2v) is 6.32. The van der Waals surface area contributed by atoms with Crippen molar-refractivity contribution in [3.8, 4) is 5.75 Å². The van der Waals surface area contributed by atoms with Crippen molar-refractivity contribution in [1.29, 1.82) is 0 Å². The van der Waals surface area contributed by atoms with Crippen LogP contribution >= 0.6 is 22.9 Å². The Morgan fingerprint density at radius 1 is 1.17 bits per heavy atom. The lowest BCUT2D eigenvalue weighted by Crippen LogP contribution is -2.10. The second kappa shape index (κ2) is 7.47. The summed E-state index contributed by atoms with van der Waals surface area (Å²) in [6.07, 6.45) is 0. The predicted molar refractivity (Wildman–Crippen MR) is 94.5 cm³/mol. The van der Waals surface area contributed by atoms with Crippen molar-refractivity contribution in [1.82, 2.24) is 0 Å². The minimum atomic E-state index is -0.522. The van der Waals surface area contributed by atoms with E-state index in [4.69, 9.17) is 16.3 Å². The van der Waals surface area contributed by atoms with Crippen LogP contribution in [0.1, 0.15) is 15.2 Å². The topological polar surface area (TPSA) is 38.3 Å². The molecule has 6 heteroatoms. The Morgan fingerprint density at radius 2 is 1.96 bits per heavy atom. The molecule has 0 atom stereocenters. The van der Waals surface area contributed by atoms with E-state index in [1.54, 1.807) is 6.07 Å². The van der Waals surface area contributed by atoms with E-state index in [9.17, 15) is 9.18 Å². The van der Waals surface area contributed by atoms with Crippen LogP contribution < -0.4 is 10.1 Å². The van der Waals surface area contributed by atoms with Gasteiger partial charge in [-0.1, -0.05) is 29.8 Å². The van der Waals surface area contributed by atoms with Gasteiger partial charge in [-0.25, -0.2) is 4.39 Å². The maximum atomic E-state index is 13.1. The van der Waals surface area contributed by atoms with Crippen LogP contribution in [0.4, 0.5) is 10.1 Å². The Bertz CT molecular complexity index is 851. The molecule has 0 radical (unpaired) electrons. The van der Waals surface area contributed by atoms with Gasteiger partial charge in [0.15, 0.2) is 0 Å². The van der Waals surface area contributed by atoms with Crippen LogP contribution in [0.2, 0.25) is 5.02 Å². The van der Waals surface area contributed by atoms with Crippen LogP contribution in [-0.4, -0.2) is 5.91 Å². The van der Waals surface area contributed by atoms with Gasteiger partial charge in [0.25, 0.3) is 5.91 Å². The van der Waals surface area contributed by atoms with E-state index >= 15 is 0 Å². The first-order valence-corrected chi connectivity index (χ1v) is 8.39. The highest BCUT2D eigenvalue weighted by atomic mass is 35.5. The van der Waals surface area contributed by atoms with E-state index in [1.807, 2.05) is 35.7 Å². The van der Waals surface area contributed by atoms with Crippen molar-refractivity contribution >= 4 is 34.5 Å². The number of ether oxygens (including phenoxy) is 1. The van der Waals surface area contributed by atoms with Crippen LogP contribution in [0.3, 0.4) is 0 Å². The van der Waals surface area contributed by atoms with E-state index in [0.717, 1.165) is 11.3 Å². The summed E-state index contributed by atoms with van der Waals surface area (Å²) in [6.45, 7) is 0.385. The van der Waals surface area contributed by atoms with E-state index in [1.165, 1.54) is 29.5 Å². The smallest absolute Gasteiger partial charge is 0.265 e. The van der Waals surface area contributed by atoms with E-state index < -0.39 is 5.82 Å². The summed E-state index contributed by atoms with van der Waals surface area (Å²) in [7, 11) is 0. The molecule has 1 heterocycles. The molecule has 1 N–H and O–H groups in total. The van der Waals surface area contributed by atoms with Crippen LogP contribution in [0.15, 0.2) is 60.0 Å². The van der Waals surface area contributed by atoms with Crippen molar-refractivity contribution in [3.05, 3.63) is 81.3 Å². The lowest BCUT2D eigenvalue weighted by atomic mass is 10.3. The second-order valence-electron chi connectivity index (χ2n) is 5.00. The van der Waals surface area contributed by atoms with Crippen molar-refractivity contribution in [3.63, 3.8) is 0 Å². The maximum absolute atomic E-state index is 13.1. The summed E-state index contributed by atoms with van der Waals surface area (Å²) < 4.78 is 18.8. The van der Waals surface area contributed by atoms with E-state index in [0.29, 0.717) is 17.2 Å². The molecule has 1 amide bonds.